The van der Waals surface area contributed by atoms with Crippen molar-refractivity contribution in [1.82, 2.24) is 4.90 Å². The number of nitrogens with zero attached hydrogens (tertiary/aromatic N) is 2. The third-order valence-electron chi connectivity index (χ3n) is 5.72. The number of phenolic OH excluding ortho intramolecular Hbond substituents is 1. The molecule has 7 heteroatoms. The zero-order chi connectivity index (χ0) is 20.4. The topological polar surface area (TPSA) is 90.3 Å². The summed E-state index contributed by atoms with van der Waals surface area (Å²) in [6.45, 7) is 3.00. The van der Waals surface area contributed by atoms with E-state index in [2.05, 4.69) is 4.90 Å². The summed E-state index contributed by atoms with van der Waals surface area (Å²) in [5.74, 6) is -0.599. The van der Waals surface area contributed by atoms with Gasteiger partial charge in [0.15, 0.2) is 0 Å². The fourth-order valence-electron chi connectivity index (χ4n) is 4.14. The van der Waals surface area contributed by atoms with Gasteiger partial charge in [0.2, 0.25) is 0 Å². The first-order chi connectivity index (χ1) is 14.0. The monoisotopic (exact) mass is 396 g/mol. The Bertz CT molecular complexity index is 908. The molecule has 0 spiro atoms. The molecule has 0 aliphatic carbocycles. The molecule has 3 fully saturated rings. The van der Waals surface area contributed by atoms with Gasteiger partial charge in [-0.2, -0.15) is 0 Å². The van der Waals surface area contributed by atoms with Crippen molar-refractivity contribution >= 4 is 17.7 Å². The van der Waals surface area contributed by atoms with Gasteiger partial charge in [0.05, 0.1) is 17.8 Å². The standard InChI is InChI=1S/C22H24N2O5/c25-19-6-2-5-18(12-19)24(13-15-3-1-4-17(11-15)21(26)27)22(28)29-20-14-23-9-7-16(20)8-10-23/h1-6,11-12,16,20,25H,7-10,13-14H2,(H,26,27)/t20-/m0/s1. The van der Waals surface area contributed by atoms with Gasteiger partial charge in [0, 0.05) is 12.6 Å². The van der Waals surface area contributed by atoms with Gasteiger partial charge < -0.3 is 14.9 Å². The van der Waals surface area contributed by atoms with Gasteiger partial charge in [-0.15, -0.1) is 0 Å². The van der Waals surface area contributed by atoms with Crippen LogP contribution in [0, 0.1) is 5.92 Å². The van der Waals surface area contributed by atoms with Gasteiger partial charge in [-0.25, -0.2) is 9.59 Å². The SMILES string of the molecule is O=C(O)c1cccc(CN(C(=O)O[C@H]2CN3CCC2CC3)c2cccc(O)c2)c1. The lowest BCUT2D eigenvalue weighted by Crippen LogP contribution is -2.53. The number of carboxylic acid groups (broad SMARTS) is 1. The molecule has 3 heterocycles. The van der Waals surface area contributed by atoms with Gasteiger partial charge in [-0.1, -0.05) is 18.2 Å². The highest BCUT2D eigenvalue weighted by Gasteiger charge is 2.37. The van der Waals surface area contributed by atoms with Crippen LogP contribution >= 0.6 is 0 Å². The summed E-state index contributed by atoms with van der Waals surface area (Å²) in [5.41, 5.74) is 1.32. The zero-order valence-corrected chi connectivity index (χ0v) is 16.0. The summed E-state index contributed by atoms with van der Waals surface area (Å²) in [6.07, 6.45) is 1.43. The van der Waals surface area contributed by atoms with Crippen molar-refractivity contribution in [3.63, 3.8) is 0 Å². The lowest BCUT2D eigenvalue weighted by Gasteiger charge is -2.44. The molecule has 1 atom stereocenters. The number of benzene rings is 2. The minimum absolute atomic E-state index is 0.0439. The Kier molecular flexibility index (Phi) is 5.40. The van der Waals surface area contributed by atoms with E-state index in [0.29, 0.717) is 17.2 Å². The van der Waals surface area contributed by atoms with Crippen molar-refractivity contribution in [2.75, 3.05) is 24.5 Å². The Morgan fingerprint density at radius 1 is 1.10 bits per heavy atom. The number of ether oxygens (including phenoxy) is 1. The molecule has 29 heavy (non-hydrogen) atoms. The van der Waals surface area contributed by atoms with Crippen LogP contribution in [0.25, 0.3) is 0 Å². The van der Waals surface area contributed by atoms with Crippen LogP contribution in [0.3, 0.4) is 0 Å². The first-order valence-electron chi connectivity index (χ1n) is 9.81. The third kappa shape index (κ3) is 4.35. The predicted octanol–water partition coefficient (Wildman–Crippen LogP) is 3.33. The van der Waals surface area contributed by atoms with E-state index in [1.54, 1.807) is 30.3 Å². The smallest absolute Gasteiger partial charge is 0.414 e. The van der Waals surface area contributed by atoms with Crippen molar-refractivity contribution in [3.05, 3.63) is 59.7 Å². The summed E-state index contributed by atoms with van der Waals surface area (Å²) >= 11 is 0. The number of aromatic carboxylic acids is 1. The molecule has 0 unspecified atom stereocenters. The molecule has 0 radical (unpaired) electrons. The number of rotatable bonds is 5. The van der Waals surface area contributed by atoms with Gasteiger partial charge in [-0.05, 0) is 61.7 Å². The molecule has 2 bridgehead atoms. The Hall–Kier alpha value is -3.06. The summed E-state index contributed by atoms with van der Waals surface area (Å²) in [7, 11) is 0. The number of carbonyl (C=O) groups is 2. The molecule has 7 nitrogen and oxygen atoms in total. The normalized spacial score (nSPS) is 22.8. The number of carboxylic acids is 1. The van der Waals surface area contributed by atoms with Crippen LogP contribution in [-0.2, 0) is 11.3 Å². The van der Waals surface area contributed by atoms with E-state index in [9.17, 15) is 19.8 Å². The minimum Gasteiger partial charge on any atom is -0.508 e. The number of anilines is 1. The lowest BCUT2D eigenvalue weighted by molar-refractivity contribution is -0.0311. The van der Waals surface area contributed by atoms with E-state index in [1.165, 1.54) is 23.1 Å². The van der Waals surface area contributed by atoms with Crippen LogP contribution in [0.1, 0.15) is 28.8 Å². The number of amides is 1. The maximum atomic E-state index is 13.1. The maximum absolute atomic E-state index is 13.1. The second-order valence-electron chi connectivity index (χ2n) is 7.67. The highest BCUT2D eigenvalue weighted by Crippen LogP contribution is 2.31. The summed E-state index contributed by atoms with van der Waals surface area (Å²) in [6, 6.07) is 12.9. The molecular weight excluding hydrogens is 372 g/mol. The Labute approximate surface area is 169 Å². The van der Waals surface area contributed by atoms with Gasteiger partial charge in [-0.3, -0.25) is 9.80 Å². The minimum atomic E-state index is -1.02. The second kappa shape index (κ2) is 8.13. The number of aromatic hydroxyl groups is 1. The van der Waals surface area contributed by atoms with E-state index >= 15 is 0 Å². The van der Waals surface area contributed by atoms with Crippen molar-refractivity contribution in [3.8, 4) is 5.75 Å². The summed E-state index contributed by atoms with van der Waals surface area (Å²) in [4.78, 5) is 28.1. The Morgan fingerprint density at radius 2 is 1.86 bits per heavy atom. The highest BCUT2D eigenvalue weighted by molar-refractivity contribution is 5.89. The second-order valence-corrected chi connectivity index (χ2v) is 7.67. The molecular formula is C22H24N2O5. The Morgan fingerprint density at radius 3 is 2.52 bits per heavy atom. The number of phenols is 1. The van der Waals surface area contributed by atoms with E-state index in [4.69, 9.17) is 4.74 Å². The average Bonchev–Trinajstić information content (AvgIpc) is 2.73. The highest BCUT2D eigenvalue weighted by atomic mass is 16.6. The van der Waals surface area contributed by atoms with Crippen LogP contribution in [-0.4, -0.2) is 52.9 Å². The van der Waals surface area contributed by atoms with E-state index < -0.39 is 12.1 Å². The maximum Gasteiger partial charge on any atom is 0.414 e. The van der Waals surface area contributed by atoms with Gasteiger partial charge in [0.25, 0.3) is 0 Å². The average molecular weight is 396 g/mol. The van der Waals surface area contributed by atoms with Crippen LogP contribution < -0.4 is 4.90 Å². The van der Waals surface area contributed by atoms with Gasteiger partial charge in [0.1, 0.15) is 11.9 Å². The lowest BCUT2D eigenvalue weighted by atomic mass is 9.86. The molecule has 3 saturated heterocycles. The molecule has 2 aromatic carbocycles. The number of fused-ring (bicyclic) bond motifs is 3. The van der Waals surface area contributed by atoms with Crippen LogP contribution in [0.5, 0.6) is 5.75 Å². The van der Waals surface area contributed by atoms with E-state index in [-0.39, 0.29) is 24.0 Å². The van der Waals surface area contributed by atoms with Crippen molar-refractivity contribution in [2.24, 2.45) is 5.92 Å². The van der Waals surface area contributed by atoms with Crippen molar-refractivity contribution in [1.29, 1.82) is 0 Å². The number of piperidine rings is 3. The Balaban J connectivity index is 1.57. The zero-order valence-electron chi connectivity index (χ0n) is 16.0. The van der Waals surface area contributed by atoms with Gasteiger partial charge >= 0.3 is 12.1 Å². The molecule has 3 aliphatic heterocycles. The number of carbonyl (C=O) groups excluding carboxylic acids is 1. The fraction of sp³-hybridized carbons (Fsp3) is 0.364. The van der Waals surface area contributed by atoms with E-state index in [0.717, 1.165) is 32.5 Å². The molecule has 152 valence electrons. The van der Waals surface area contributed by atoms with Crippen LogP contribution in [0.4, 0.5) is 10.5 Å². The summed E-state index contributed by atoms with van der Waals surface area (Å²) in [5, 5.41) is 19.1. The first kappa shape index (κ1) is 19.3. The van der Waals surface area contributed by atoms with E-state index in [1.807, 2.05) is 0 Å². The third-order valence-corrected chi connectivity index (χ3v) is 5.72. The molecule has 1 amide bonds. The van der Waals surface area contributed by atoms with Crippen LogP contribution in [0.15, 0.2) is 48.5 Å². The predicted molar refractivity (Wildman–Crippen MR) is 107 cm³/mol. The number of hydrogen-bond donors (Lipinski definition) is 2. The molecule has 2 N–H and O–H groups in total. The van der Waals surface area contributed by atoms with Crippen molar-refractivity contribution < 1.29 is 24.5 Å². The first-order valence-corrected chi connectivity index (χ1v) is 9.81. The molecule has 0 saturated carbocycles. The largest absolute Gasteiger partial charge is 0.508 e. The fourth-order valence-corrected chi connectivity index (χ4v) is 4.14. The van der Waals surface area contributed by atoms with Crippen molar-refractivity contribution in [2.45, 2.75) is 25.5 Å². The molecule has 0 aromatic heterocycles. The molecule has 3 aliphatic rings. The molecule has 2 aromatic rings. The number of hydrogen-bond acceptors (Lipinski definition) is 5. The molecule has 5 rings (SSSR count). The van der Waals surface area contributed by atoms with Crippen LogP contribution in [0.2, 0.25) is 0 Å². The summed E-state index contributed by atoms with van der Waals surface area (Å²) < 4.78 is 5.88. The quantitative estimate of drug-likeness (QED) is 0.806.